The van der Waals surface area contributed by atoms with Crippen molar-refractivity contribution in [2.45, 2.75) is 25.9 Å². The molecular formula is C12H16FN3O. The average molecular weight is 237 g/mol. The molecule has 5 heteroatoms. The molecule has 0 bridgehead atoms. The van der Waals surface area contributed by atoms with Gasteiger partial charge in [-0.2, -0.15) is 0 Å². The fourth-order valence-electron chi connectivity index (χ4n) is 1.81. The molecule has 4 N–H and O–H groups in total. The van der Waals surface area contributed by atoms with Crippen molar-refractivity contribution in [3.05, 3.63) is 35.1 Å². The molecule has 2 unspecified atom stereocenters. The van der Waals surface area contributed by atoms with Gasteiger partial charge in [0, 0.05) is 18.2 Å². The first-order valence-corrected chi connectivity index (χ1v) is 5.61. The van der Waals surface area contributed by atoms with E-state index < -0.39 is 0 Å². The highest BCUT2D eigenvalue weighted by atomic mass is 19.1. The number of hydrogen-bond donors (Lipinski definition) is 3. The van der Waals surface area contributed by atoms with E-state index in [1.165, 1.54) is 18.6 Å². The topological polar surface area (TPSA) is 70.6 Å². The van der Waals surface area contributed by atoms with E-state index in [-0.39, 0.29) is 11.7 Å². The zero-order chi connectivity index (χ0) is 12.4. The fraction of sp³-hybridized carbons (Fsp3) is 0.417. The van der Waals surface area contributed by atoms with E-state index in [1.54, 1.807) is 6.07 Å². The first-order chi connectivity index (χ1) is 8.10. The van der Waals surface area contributed by atoms with Gasteiger partial charge in [-0.25, -0.2) is 4.39 Å². The number of nitrogens with zero attached hydrogens (tertiary/aromatic N) is 1. The lowest BCUT2D eigenvalue weighted by atomic mass is 10.1. The molecule has 1 aromatic rings. The van der Waals surface area contributed by atoms with Crippen LogP contribution in [0.25, 0.3) is 0 Å². The molecule has 0 aromatic heterocycles. The maximum absolute atomic E-state index is 13.3. The lowest BCUT2D eigenvalue weighted by molar-refractivity contribution is 0.318. The quantitative estimate of drug-likeness (QED) is 0.321. The first-order valence-electron chi connectivity index (χ1n) is 5.61. The predicted octanol–water partition coefficient (Wildman–Crippen LogP) is 1.42. The summed E-state index contributed by atoms with van der Waals surface area (Å²) in [6, 6.07) is 4.95. The van der Waals surface area contributed by atoms with Crippen molar-refractivity contribution in [3.63, 3.8) is 0 Å². The predicted molar refractivity (Wildman–Crippen MR) is 63.3 cm³/mol. The second kappa shape index (κ2) is 4.71. The van der Waals surface area contributed by atoms with E-state index in [2.05, 4.69) is 17.4 Å². The Morgan fingerprint density at radius 2 is 2.29 bits per heavy atom. The highest BCUT2D eigenvalue weighted by Gasteiger charge is 2.31. The van der Waals surface area contributed by atoms with Gasteiger partial charge in [0.1, 0.15) is 5.82 Å². The monoisotopic (exact) mass is 237 g/mol. The summed E-state index contributed by atoms with van der Waals surface area (Å²) < 4.78 is 13.3. The number of halogens is 1. The van der Waals surface area contributed by atoms with E-state index >= 15 is 0 Å². The second-order valence-electron chi connectivity index (χ2n) is 4.53. The minimum absolute atomic E-state index is 0.0782. The van der Waals surface area contributed by atoms with E-state index in [0.29, 0.717) is 24.1 Å². The number of nitrogens with one attached hydrogen (secondary N) is 1. The molecule has 1 aliphatic rings. The molecule has 1 aliphatic carbocycles. The van der Waals surface area contributed by atoms with Crippen LogP contribution in [0.1, 0.15) is 24.5 Å². The van der Waals surface area contributed by atoms with Crippen LogP contribution < -0.4 is 11.1 Å². The van der Waals surface area contributed by atoms with Gasteiger partial charge in [0.25, 0.3) is 0 Å². The maximum Gasteiger partial charge on any atom is 0.170 e. The summed E-state index contributed by atoms with van der Waals surface area (Å²) in [4.78, 5) is 0. The Kier molecular flexibility index (Phi) is 3.28. The lowest BCUT2D eigenvalue weighted by Gasteiger charge is -2.06. The molecule has 0 spiro atoms. The Morgan fingerprint density at radius 3 is 2.88 bits per heavy atom. The zero-order valence-corrected chi connectivity index (χ0v) is 9.65. The van der Waals surface area contributed by atoms with Crippen molar-refractivity contribution >= 4 is 5.84 Å². The molecule has 0 aliphatic heterocycles. The van der Waals surface area contributed by atoms with Gasteiger partial charge in [0.05, 0.1) is 0 Å². The molecule has 92 valence electrons. The minimum Gasteiger partial charge on any atom is -0.409 e. The Balaban J connectivity index is 2.08. The van der Waals surface area contributed by atoms with Gasteiger partial charge in [-0.05, 0) is 36.1 Å². The third-order valence-corrected chi connectivity index (χ3v) is 3.04. The number of nitrogens with two attached hydrogens (primary N) is 1. The number of benzene rings is 1. The van der Waals surface area contributed by atoms with E-state index in [4.69, 9.17) is 10.9 Å². The summed E-state index contributed by atoms with van der Waals surface area (Å²) >= 11 is 0. The summed E-state index contributed by atoms with van der Waals surface area (Å²) in [6.07, 6.45) is 1.17. The summed E-state index contributed by atoms with van der Waals surface area (Å²) in [6.45, 7) is 2.77. The summed E-state index contributed by atoms with van der Waals surface area (Å²) in [5.74, 6) is 0.243. The Labute approximate surface area is 99.3 Å². The van der Waals surface area contributed by atoms with Gasteiger partial charge in [-0.15, -0.1) is 0 Å². The summed E-state index contributed by atoms with van der Waals surface area (Å²) in [7, 11) is 0. The van der Waals surface area contributed by atoms with Crippen molar-refractivity contribution in [1.29, 1.82) is 0 Å². The third-order valence-electron chi connectivity index (χ3n) is 3.04. The first kappa shape index (κ1) is 11.9. The van der Waals surface area contributed by atoms with Crippen molar-refractivity contribution in [2.24, 2.45) is 16.8 Å². The third kappa shape index (κ3) is 2.94. The number of amidine groups is 1. The van der Waals surface area contributed by atoms with Crippen LogP contribution in [-0.4, -0.2) is 17.1 Å². The van der Waals surface area contributed by atoms with Crippen molar-refractivity contribution in [2.75, 3.05) is 0 Å². The number of hydrogen-bond acceptors (Lipinski definition) is 3. The van der Waals surface area contributed by atoms with Gasteiger partial charge in [0.2, 0.25) is 0 Å². The van der Waals surface area contributed by atoms with Crippen molar-refractivity contribution < 1.29 is 9.60 Å². The molecule has 1 saturated carbocycles. The zero-order valence-electron chi connectivity index (χ0n) is 9.65. The van der Waals surface area contributed by atoms with E-state index in [1.807, 2.05) is 0 Å². The summed E-state index contributed by atoms with van der Waals surface area (Å²) in [5.41, 5.74) is 6.63. The highest BCUT2D eigenvalue weighted by Crippen LogP contribution is 2.29. The Bertz CT molecular complexity index is 447. The van der Waals surface area contributed by atoms with Crippen LogP contribution in [0.15, 0.2) is 23.4 Å². The van der Waals surface area contributed by atoms with Crippen LogP contribution in [0.2, 0.25) is 0 Å². The molecular weight excluding hydrogens is 221 g/mol. The Morgan fingerprint density at radius 1 is 1.59 bits per heavy atom. The molecule has 0 radical (unpaired) electrons. The minimum atomic E-state index is -0.380. The highest BCUT2D eigenvalue weighted by molar-refractivity contribution is 5.97. The molecule has 1 fully saturated rings. The molecule has 0 heterocycles. The molecule has 2 atom stereocenters. The largest absolute Gasteiger partial charge is 0.409 e. The SMILES string of the molecule is CC1CC1NCc1cc(F)cc(/C(N)=N/O)c1. The van der Waals surface area contributed by atoms with Gasteiger partial charge in [0.15, 0.2) is 5.84 Å². The van der Waals surface area contributed by atoms with Crippen LogP contribution in [0.5, 0.6) is 0 Å². The van der Waals surface area contributed by atoms with Crippen LogP contribution in [-0.2, 0) is 6.54 Å². The van der Waals surface area contributed by atoms with Crippen molar-refractivity contribution in [3.8, 4) is 0 Å². The van der Waals surface area contributed by atoms with Crippen molar-refractivity contribution in [1.82, 2.24) is 5.32 Å². The fourth-order valence-corrected chi connectivity index (χ4v) is 1.81. The van der Waals surface area contributed by atoms with Gasteiger partial charge in [-0.3, -0.25) is 0 Å². The van der Waals surface area contributed by atoms with Crippen LogP contribution in [0, 0.1) is 11.7 Å². The van der Waals surface area contributed by atoms with Gasteiger partial charge in [-0.1, -0.05) is 12.1 Å². The van der Waals surface area contributed by atoms with Crippen LogP contribution >= 0.6 is 0 Å². The van der Waals surface area contributed by atoms with Gasteiger partial charge >= 0.3 is 0 Å². The second-order valence-corrected chi connectivity index (χ2v) is 4.53. The summed E-state index contributed by atoms with van der Waals surface area (Å²) in [5, 5.41) is 14.7. The number of rotatable bonds is 4. The van der Waals surface area contributed by atoms with E-state index in [9.17, 15) is 4.39 Å². The molecule has 17 heavy (non-hydrogen) atoms. The Hall–Kier alpha value is -1.62. The van der Waals surface area contributed by atoms with Crippen LogP contribution in [0.4, 0.5) is 4.39 Å². The van der Waals surface area contributed by atoms with Gasteiger partial charge < -0.3 is 16.3 Å². The maximum atomic E-state index is 13.3. The lowest BCUT2D eigenvalue weighted by Crippen LogP contribution is -2.18. The molecule has 0 saturated heterocycles. The molecule has 1 aromatic carbocycles. The smallest absolute Gasteiger partial charge is 0.170 e. The molecule has 2 rings (SSSR count). The molecule has 4 nitrogen and oxygen atoms in total. The number of oxime groups is 1. The van der Waals surface area contributed by atoms with Crippen LogP contribution in [0.3, 0.4) is 0 Å². The average Bonchev–Trinajstić information content (AvgIpc) is 3.01. The van der Waals surface area contributed by atoms with E-state index in [0.717, 1.165) is 5.56 Å². The standard InChI is InChI=1S/C12H16FN3O/c1-7-2-11(7)15-6-8-3-9(12(14)16-17)5-10(13)4-8/h3-5,7,11,15,17H,2,6H2,1H3,(H2,14,16). The normalized spacial score (nSPS) is 23.8. The molecule has 0 amide bonds.